The molecule has 0 rings (SSSR count). The molecule has 0 bridgehead atoms. The number of hydrogen-bond donors (Lipinski definition) is 1. The monoisotopic (exact) mass is 173 g/mol. The lowest BCUT2D eigenvalue weighted by Gasteiger charge is -2.33. The number of rotatable bonds is 6. The second-order valence-corrected chi connectivity index (χ2v) is 3.71. The van der Waals surface area contributed by atoms with Gasteiger partial charge in [0.1, 0.15) is 0 Å². The fourth-order valence-electron chi connectivity index (χ4n) is 1.37. The highest BCUT2D eigenvalue weighted by Gasteiger charge is 2.27. The second kappa shape index (κ2) is 5.55. The normalized spacial score (nSPS) is 14.8. The third-order valence-corrected chi connectivity index (χ3v) is 2.39. The summed E-state index contributed by atoms with van der Waals surface area (Å²) in [6, 6.07) is 0.470. The Labute approximate surface area is 76.7 Å². The van der Waals surface area contributed by atoms with Crippen LogP contribution in [-0.4, -0.2) is 25.3 Å². The quantitative estimate of drug-likeness (QED) is 0.665. The van der Waals surface area contributed by atoms with Gasteiger partial charge in [-0.15, -0.1) is 0 Å². The van der Waals surface area contributed by atoms with Crippen molar-refractivity contribution in [3.63, 3.8) is 0 Å². The molecule has 74 valence electrons. The first-order valence-electron chi connectivity index (χ1n) is 4.87. The summed E-state index contributed by atoms with van der Waals surface area (Å²) in [5.41, 5.74) is -0.0496. The molecule has 2 nitrogen and oxygen atoms in total. The minimum Gasteiger partial charge on any atom is -0.377 e. The smallest absolute Gasteiger partial charge is 0.0774 e. The molecule has 1 N–H and O–H groups in total. The molecule has 0 aliphatic heterocycles. The zero-order chi connectivity index (χ0) is 9.61. The summed E-state index contributed by atoms with van der Waals surface area (Å²) in [4.78, 5) is 0. The lowest BCUT2D eigenvalue weighted by Crippen LogP contribution is -2.47. The molecule has 0 fully saturated rings. The molecule has 0 saturated carbocycles. The van der Waals surface area contributed by atoms with E-state index in [1.54, 1.807) is 7.11 Å². The Kier molecular flexibility index (Phi) is 5.51. The number of nitrogens with one attached hydrogen (secondary N) is 1. The van der Waals surface area contributed by atoms with Crippen molar-refractivity contribution in [2.24, 2.45) is 0 Å². The van der Waals surface area contributed by atoms with Crippen molar-refractivity contribution in [1.29, 1.82) is 0 Å². The van der Waals surface area contributed by atoms with E-state index in [2.05, 4.69) is 33.0 Å². The molecule has 0 aliphatic rings. The maximum Gasteiger partial charge on any atom is 0.0774 e. The van der Waals surface area contributed by atoms with Crippen LogP contribution in [0.25, 0.3) is 0 Å². The summed E-state index contributed by atoms with van der Waals surface area (Å²) in [5.74, 6) is 0. The third-order valence-electron chi connectivity index (χ3n) is 2.39. The molecule has 0 spiro atoms. The summed E-state index contributed by atoms with van der Waals surface area (Å²) in [7, 11) is 1.78. The number of methoxy groups -OCH3 is 1. The van der Waals surface area contributed by atoms with Gasteiger partial charge >= 0.3 is 0 Å². The summed E-state index contributed by atoms with van der Waals surface area (Å²) in [5, 5.41) is 3.45. The highest BCUT2D eigenvalue weighted by Crippen LogP contribution is 2.17. The first-order chi connectivity index (χ1) is 5.58. The molecule has 1 atom stereocenters. The lowest BCUT2D eigenvalue weighted by atomic mass is 9.94. The van der Waals surface area contributed by atoms with E-state index in [0.29, 0.717) is 6.04 Å². The Morgan fingerprint density at radius 3 is 2.25 bits per heavy atom. The molecule has 0 aromatic carbocycles. The van der Waals surface area contributed by atoms with Gasteiger partial charge in [-0.05, 0) is 26.8 Å². The Bertz CT molecular complexity index is 106. The van der Waals surface area contributed by atoms with Crippen LogP contribution in [0.4, 0.5) is 0 Å². The number of hydrogen-bond acceptors (Lipinski definition) is 2. The van der Waals surface area contributed by atoms with Gasteiger partial charge in [-0.1, -0.05) is 20.3 Å². The maximum atomic E-state index is 5.44. The van der Waals surface area contributed by atoms with Gasteiger partial charge in [0.2, 0.25) is 0 Å². The Hall–Kier alpha value is -0.0800. The van der Waals surface area contributed by atoms with Crippen molar-refractivity contribution in [1.82, 2.24) is 5.32 Å². The van der Waals surface area contributed by atoms with E-state index in [4.69, 9.17) is 4.74 Å². The third kappa shape index (κ3) is 3.55. The molecule has 12 heavy (non-hydrogen) atoms. The molecular weight excluding hydrogens is 150 g/mol. The Morgan fingerprint density at radius 1 is 1.33 bits per heavy atom. The zero-order valence-corrected chi connectivity index (χ0v) is 9.11. The van der Waals surface area contributed by atoms with Gasteiger partial charge in [0.25, 0.3) is 0 Å². The first kappa shape index (κ1) is 11.9. The molecule has 0 radical (unpaired) electrons. The first-order valence-corrected chi connectivity index (χ1v) is 4.87. The van der Waals surface area contributed by atoms with Crippen molar-refractivity contribution in [3.8, 4) is 0 Å². The highest BCUT2D eigenvalue weighted by molar-refractivity contribution is 4.84. The minimum atomic E-state index is -0.0496. The molecule has 0 amide bonds. The summed E-state index contributed by atoms with van der Waals surface area (Å²) < 4.78 is 5.44. The number of ether oxygens (including phenoxy) is 1. The van der Waals surface area contributed by atoms with Crippen molar-refractivity contribution < 1.29 is 4.74 Å². The average molecular weight is 173 g/mol. The van der Waals surface area contributed by atoms with Crippen LogP contribution in [0.5, 0.6) is 0 Å². The van der Waals surface area contributed by atoms with Crippen LogP contribution in [0.3, 0.4) is 0 Å². The largest absolute Gasteiger partial charge is 0.377 e. The molecule has 2 heteroatoms. The van der Waals surface area contributed by atoms with Crippen LogP contribution in [-0.2, 0) is 4.74 Å². The van der Waals surface area contributed by atoms with Crippen LogP contribution in [0.1, 0.15) is 40.5 Å². The van der Waals surface area contributed by atoms with E-state index in [-0.39, 0.29) is 5.60 Å². The van der Waals surface area contributed by atoms with Crippen LogP contribution >= 0.6 is 0 Å². The van der Waals surface area contributed by atoms with Crippen molar-refractivity contribution >= 4 is 0 Å². The van der Waals surface area contributed by atoms with Gasteiger partial charge in [-0.2, -0.15) is 0 Å². The van der Waals surface area contributed by atoms with E-state index >= 15 is 0 Å². The predicted molar refractivity (Wildman–Crippen MR) is 53.5 cm³/mol. The second-order valence-electron chi connectivity index (χ2n) is 3.71. The molecule has 0 saturated heterocycles. The van der Waals surface area contributed by atoms with Crippen LogP contribution in [0.15, 0.2) is 0 Å². The molecule has 0 heterocycles. The SMILES string of the molecule is CCCC(NCC)C(C)(C)OC. The van der Waals surface area contributed by atoms with Gasteiger partial charge in [-0.25, -0.2) is 0 Å². The minimum absolute atomic E-state index is 0.0496. The van der Waals surface area contributed by atoms with E-state index in [1.807, 2.05) is 0 Å². The molecule has 0 aromatic heterocycles. The maximum absolute atomic E-state index is 5.44. The molecular formula is C10H23NO. The van der Waals surface area contributed by atoms with E-state index in [1.165, 1.54) is 12.8 Å². The average Bonchev–Trinajstić information content (AvgIpc) is 2.04. The van der Waals surface area contributed by atoms with E-state index in [0.717, 1.165) is 6.54 Å². The standard InChI is InChI=1S/C10H23NO/c1-6-8-9(11-7-2)10(3,4)12-5/h9,11H,6-8H2,1-5H3. The van der Waals surface area contributed by atoms with Gasteiger partial charge in [0.15, 0.2) is 0 Å². The van der Waals surface area contributed by atoms with E-state index < -0.39 is 0 Å². The summed E-state index contributed by atoms with van der Waals surface area (Å²) >= 11 is 0. The summed E-state index contributed by atoms with van der Waals surface area (Å²) in [6.45, 7) is 9.62. The number of likely N-dealkylation sites (N-methyl/N-ethyl adjacent to an activating group) is 1. The highest BCUT2D eigenvalue weighted by atomic mass is 16.5. The predicted octanol–water partition coefficient (Wildman–Crippen LogP) is 2.19. The zero-order valence-electron chi connectivity index (χ0n) is 9.11. The summed E-state index contributed by atoms with van der Waals surface area (Å²) in [6.07, 6.45) is 2.37. The molecule has 0 aliphatic carbocycles. The van der Waals surface area contributed by atoms with E-state index in [9.17, 15) is 0 Å². The van der Waals surface area contributed by atoms with Gasteiger partial charge in [0.05, 0.1) is 5.60 Å². The van der Waals surface area contributed by atoms with Crippen molar-refractivity contribution in [2.75, 3.05) is 13.7 Å². The van der Waals surface area contributed by atoms with Gasteiger partial charge < -0.3 is 10.1 Å². The fourth-order valence-corrected chi connectivity index (χ4v) is 1.37. The Morgan fingerprint density at radius 2 is 1.92 bits per heavy atom. The van der Waals surface area contributed by atoms with Crippen molar-refractivity contribution in [2.45, 2.75) is 52.2 Å². The van der Waals surface area contributed by atoms with Crippen LogP contribution in [0.2, 0.25) is 0 Å². The lowest BCUT2D eigenvalue weighted by molar-refractivity contribution is -0.0122. The molecule has 0 aromatic rings. The Balaban J connectivity index is 4.07. The van der Waals surface area contributed by atoms with Crippen LogP contribution in [0, 0.1) is 0 Å². The fraction of sp³-hybridized carbons (Fsp3) is 1.00. The van der Waals surface area contributed by atoms with Crippen LogP contribution < -0.4 is 5.32 Å². The van der Waals surface area contributed by atoms with Crippen molar-refractivity contribution in [3.05, 3.63) is 0 Å². The topological polar surface area (TPSA) is 21.3 Å². The van der Waals surface area contributed by atoms with Gasteiger partial charge in [-0.3, -0.25) is 0 Å². The van der Waals surface area contributed by atoms with Gasteiger partial charge in [0, 0.05) is 13.2 Å². The molecule has 1 unspecified atom stereocenters.